The number of alkyl carbamates (subject to hydrolysis) is 1. The summed E-state index contributed by atoms with van der Waals surface area (Å²) in [5.41, 5.74) is 0.290. The van der Waals surface area contributed by atoms with E-state index in [-0.39, 0.29) is 11.9 Å². The van der Waals surface area contributed by atoms with E-state index in [1.54, 1.807) is 6.07 Å². The molecule has 1 unspecified atom stereocenters. The second-order valence-electron chi connectivity index (χ2n) is 5.74. The van der Waals surface area contributed by atoms with Crippen molar-refractivity contribution in [1.82, 2.24) is 15.6 Å². The average molecular weight is 297 g/mol. The molecule has 1 aromatic rings. The highest BCUT2D eigenvalue weighted by Gasteiger charge is 2.15. The predicted molar refractivity (Wildman–Crippen MR) is 79.5 cm³/mol. The quantitative estimate of drug-likeness (QED) is 0.793. The van der Waals surface area contributed by atoms with Crippen LogP contribution in [0.4, 0.5) is 9.18 Å². The van der Waals surface area contributed by atoms with Crippen LogP contribution in [0.15, 0.2) is 18.3 Å². The van der Waals surface area contributed by atoms with Gasteiger partial charge in [-0.2, -0.15) is 0 Å². The molecule has 2 N–H and O–H groups in total. The Balaban J connectivity index is 2.33. The zero-order valence-electron chi connectivity index (χ0n) is 13.1. The van der Waals surface area contributed by atoms with Crippen molar-refractivity contribution >= 4 is 6.09 Å². The minimum Gasteiger partial charge on any atom is -0.444 e. The molecule has 1 atom stereocenters. The molecule has 1 amide bonds. The van der Waals surface area contributed by atoms with Gasteiger partial charge in [0.2, 0.25) is 0 Å². The molecule has 0 aromatic carbocycles. The molecule has 0 saturated heterocycles. The van der Waals surface area contributed by atoms with Crippen molar-refractivity contribution in [3.05, 3.63) is 29.8 Å². The van der Waals surface area contributed by atoms with Gasteiger partial charge in [-0.3, -0.25) is 4.98 Å². The number of hydrogen-bond donors (Lipinski definition) is 2. The average Bonchev–Trinajstić information content (AvgIpc) is 2.38. The standard InChI is InChI=1S/C15H24FN3O2/c1-5-12(13-7-6-11(16)10-19-13)17-8-9-18-14(20)21-15(2,3)4/h6-7,10,12,17H,5,8-9H2,1-4H3,(H,18,20). The third kappa shape index (κ3) is 7.04. The molecule has 0 spiro atoms. The van der Waals surface area contributed by atoms with E-state index < -0.39 is 11.7 Å². The summed E-state index contributed by atoms with van der Waals surface area (Å²) in [5, 5.41) is 5.94. The number of carbonyl (C=O) groups is 1. The van der Waals surface area contributed by atoms with Gasteiger partial charge in [-0.15, -0.1) is 0 Å². The van der Waals surface area contributed by atoms with E-state index >= 15 is 0 Å². The topological polar surface area (TPSA) is 63.2 Å². The van der Waals surface area contributed by atoms with Crippen molar-refractivity contribution in [2.75, 3.05) is 13.1 Å². The molecule has 0 radical (unpaired) electrons. The summed E-state index contributed by atoms with van der Waals surface area (Å²) in [4.78, 5) is 15.5. The molecule has 0 aliphatic carbocycles. The number of carbonyl (C=O) groups excluding carboxylic acids is 1. The smallest absolute Gasteiger partial charge is 0.407 e. The van der Waals surface area contributed by atoms with Crippen LogP contribution in [0.5, 0.6) is 0 Å². The number of rotatable bonds is 6. The number of nitrogens with one attached hydrogen (secondary N) is 2. The summed E-state index contributed by atoms with van der Waals surface area (Å²) in [5.74, 6) is -0.347. The molecule has 0 aliphatic rings. The van der Waals surface area contributed by atoms with Crippen LogP contribution in [-0.2, 0) is 4.74 Å². The normalized spacial score (nSPS) is 12.8. The third-order valence-electron chi connectivity index (χ3n) is 2.70. The fourth-order valence-electron chi connectivity index (χ4n) is 1.78. The van der Waals surface area contributed by atoms with Crippen LogP contribution in [0.2, 0.25) is 0 Å². The second-order valence-corrected chi connectivity index (χ2v) is 5.74. The fourth-order valence-corrected chi connectivity index (χ4v) is 1.78. The maximum atomic E-state index is 12.8. The number of aromatic nitrogens is 1. The molecule has 21 heavy (non-hydrogen) atoms. The fraction of sp³-hybridized carbons (Fsp3) is 0.600. The highest BCUT2D eigenvalue weighted by atomic mass is 19.1. The van der Waals surface area contributed by atoms with Crippen LogP contribution in [0, 0.1) is 5.82 Å². The van der Waals surface area contributed by atoms with Gasteiger partial charge in [-0.05, 0) is 39.3 Å². The van der Waals surface area contributed by atoms with E-state index in [2.05, 4.69) is 15.6 Å². The first kappa shape index (κ1) is 17.4. The van der Waals surface area contributed by atoms with Gasteiger partial charge < -0.3 is 15.4 Å². The summed E-state index contributed by atoms with van der Waals surface area (Å²) in [6, 6.07) is 3.09. The first-order chi connectivity index (χ1) is 9.81. The van der Waals surface area contributed by atoms with Crippen LogP contribution >= 0.6 is 0 Å². The van der Waals surface area contributed by atoms with Crippen molar-refractivity contribution in [1.29, 1.82) is 0 Å². The number of amides is 1. The molecule has 6 heteroatoms. The molecule has 1 rings (SSSR count). The van der Waals surface area contributed by atoms with E-state index in [0.29, 0.717) is 13.1 Å². The Morgan fingerprint density at radius 1 is 1.38 bits per heavy atom. The van der Waals surface area contributed by atoms with Crippen molar-refractivity contribution < 1.29 is 13.9 Å². The van der Waals surface area contributed by atoms with E-state index in [4.69, 9.17) is 4.74 Å². The molecule has 0 aliphatic heterocycles. The molecule has 1 heterocycles. The first-order valence-corrected chi connectivity index (χ1v) is 7.13. The highest BCUT2D eigenvalue weighted by molar-refractivity contribution is 5.67. The number of halogens is 1. The lowest BCUT2D eigenvalue weighted by atomic mass is 10.1. The third-order valence-corrected chi connectivity index (χ3v) is 2.70. The molecule has 1 aromatic heterocycles. The molecular weight excluding hydrogens is 273 g/mol. The molecule has 118 valence electrons. The highest BCUT2D eigenvalue weighted by Crippen LogP contribution is 2.13. The Morgan fingerprint density at radius 3 is 2.62 bits per heavy atom. The van der Waals surface area contributed by atoms with Gasteiger partial charge >= 0.3 is 6.09 Å². The Morgan fingerprint density at radius 2 is 2.10 bits per heavy atom. The summed E-state index contributed by atoms with van der Waals surface area (Å²) < 4.78 is 18.0. The molecule has 0 fully saturated rings. The van der Waals surface area contributed by atoms with Crippen LogP contribution in [0.3, 0.4) is 0 Å². The zero-order chi connectivity index (χ0) is 15.9. The Hall–Kier alpha value is -1.69. The number of pyridine rings is 1. The van der Waals surface area contributed by atoms with Gasteiger partial charge in [0, 0.05) is 19.1 Å². The Labute approximate surface area is 125 Å². The van der Waals surface area contributed by atoms with Crippen molar-refractivity contribution in [2.24, 2.45) is 0 Å². The SMILES string of the molecule is CCC(NCCNC(=O)OC(C)(C)C)c1ccc(F)cn1. The molecule has 5 nitrogen and oxygen atoms in total. The van der Waals surface area contributed by atoms with Gasteiger partial charge in [0.15, 0.2) is 0 Å². The lowest BCUT2D eigenvalue weighted by Gasteiger charge is -2.20. The summed E-state index contributed by atoms with van der Waals surface area (Å²) in [7, 11) is 0. The van der Waals surface area contributed by atoms with E-state index in [0.717, 1.165) is 12.1 Å². The number of hydrogen-bond acceptors (Lipinski definition) is 4. The molecule has 0 saturated carbocycles. The van der Waals surface area contributed by atoms with Gasteiger partial charge in [0.1, 0.15) is 11.4 Å². The molecule has 0 bridgehead atoms. The lowest BCUT2D eigenvalue weighted by molar-refractivity contribution is 0.0528. The predicted octanol–water partition coefficient (Wildman–Crippen LogP) is 2.79. The zero-order valence-corrected chi connectivity index (χ0v) is 13.1. The number of ether oxygens (including phenoxy) is 1. The minimum atomic E-state index is -0.499. The monoisotopic (exact) mass is 297 g/mol. The first-order valence-electron chi connectivity index (χ1n) is 7.13. The van der Waals surface area contributed by atoms with E-state index in [1.807, 2.05) is 27.7 Å². The number of nitrogens with zero attached hydrogens (tertiary/aromatic N) is 1. The van der Waals surface area contributed by atoms with E-state index in [9.17, 15) is 9.18 Å². The Kier molecular flexibility index (Phi) is 6.55. The van der Waals surface area contributed by atoms with Crippen LogP contribution in [0.1, 0.15) is 45.9 Å². The van der Waals surface area contributed by atoms with Gasteiger partial charge in [-0.25, -0.2) is 9.18 Å². The second kappa shape index (κ2) is 7.93. The van der Waals surface area contributed by atoms with Crippen molar-refractivity contribution in [3.8, 4) is 0 Å². The molecular formula is C15H24FN3O2. The maximum Gasteiger partial charge on any atom is 0.407 e. The largest absolute Gasteiger partial charge is 0.444 e. The summed E-state index contributed by atoms with van der Waals surface area (Å²) >= 11 is 0. The van der Waals surface area contributed by atoms with Gasteiger partial charge in [0.25, 0.3) is 0 Å². The van der Waals surface area contributed by atoms with Gasteiger partial charge in [0.05, 0.1) is 11.9 Å². The summed E-state index contributed by atoms with van der Waals surface area (Å²) in [6.45, 7) is 8.50. The van der Waals surface area contributed by atoms with Crippen LogP contribution in [0.25, 0.3) is 0 Å². The van der Waals surface area contributed by atoms with Gasteiger partial charge in [-0.1, -0.05) is 6.92 Å². The Bertz CT molecular complexity index is 443. The lowest BCUT2D eigenvalue weighted by Crippen LogP contribution is -2.37. The van der Waals surface area contributed by atoms with Crippen LogP contribution < -0.4 is 10.6 Å². The van der Waals surface area contributed by atoms with Crippen LogP contribution in [-0.4, -0.2) is 29.8 Å². The minimum absolute atomic E-state index is 0.0334. The van der Waals surface area contributed by atoms with Crippen molar-refractivity contribution in [3.63, 3.8) is 0 Å². The maximum absolute atomic E-state index is 12.8. The summed E-state index contributed by atoms with van der Waals surface area (Å²) in [6.07, 6.45) is 1.60. The van der Waals surface area contributed by atoms with E-state index in [1.165, 1.54) is 12.3 Å². The van der Waals surface area contributed by atoms with Crippen molar-refractivity contribution in [2.45, 2.75) is 45.8 Å².